The van der Waals surface area contributed by atoms with E-state index in [0.29, 0.717) is 25.6 Å². The number of rotatable bonds is 14. The van der Waals surface area contributed by atoms with Gasteiger partial charge in [0.2, 0.25) is 0 Å². The number of amides is 1. The van der Waals surface area contributed by atoms with Crippen LogP contribution in [-0.4, -0.2) is 40.7 Å². The fourth-order valence-electron chi connectivity index (χ4n) is 5.32. The first-order valence-electron chi connectivity index (χ1n) is 14.7. The molecule has 0 spiro atoms. The van der Waals surface area contributed by atoms with Crippen molar-refractivity contribution in [2.24, 2.45) is 0 Å². The highest BCUT2D eigenvalue weighted by molar-refractivity contribution is 7.80. The van der Waals surface area contributed by atoms with Gasteiger partial charge in [0.25, 0.3) is 5.91 Å². The van der Waals surface area contributed by atoms with Gasteiger partial charge < -0.3 is 15.0 Å². The third-order valence-corrected chi connectivity index (χ3v) is 8.32. The van der Waals surface area contributed by atoms with Gasteiger partial charge in [-0.25, -0.2) is 0 Å². The van der Waals surface area contributed by atoms with Crippen LogP contribution < -0.4 is 15.0 Å². The average Bonchev–Trinajstić information content (AvgIpc) is 3.09. The molecule has 1 saturated heterocycles. The number of thiocarbonyl (C=S) groups is 1. The topological polar surface area (TPSA) is 44.8 Å². The van der Waals surface area contributed by atoms with Crippen LogP contribution in [0.25, 0.3) is 0 Å². The van der Waals surface area contributed by atoms with Crippen molar-refractivity contribution in [1.29, 1.82) is 0 Å². The van der Waals surface area contributed by atoms with Crippen LogP contribution in [0.15, 0.2) is 42.5 Å². The second-order valence-electron chi connectivity index (χ2n) is 11.3. The highest BCUT2D eigenvalue weighted by Gasteiger charge is 2.49. The van der Waals surface area contributed by atoms with Gasteiger partial charge in [0.05, 0.1) is 17.9 Å². The summed E-state index contributed by atoms with van der Waals surface area (Å²) in [5.74, 6) is 0.490. The Labute approximate surface area is 248 Å². The molecule has 1 aliphatic rings. The molecule has 41 heavy (non-hydrogen) atoms. The number of benzene rings is 2. The van der Waals surface area contributed by atoms with Crippen molar-refractivity contribution >= 4 is 28.9 Å². The van der Waals surface area contributed by atoms with Crippen molar-refractivity contribution < 1.29 is 22.7 Å². The standard InChI is InChI=1S/C32H44F3N3O2S/c1-7-13-28(36-24(8-2)9-3)23-14-12-15-26(20-23)40-19-11-10-18-37-30(41)38(29(39)31(37,5)6)25-17-16-22(4)27(21-25)32(33,34)35/h12,14-17,20-21,24,28,36H,7-11,13,18-19H2,1-6H3. The summed E-state index contributed by atoms with van der Waals surface area (Å²) in [6.45, 7) is 12.5. The molecule has 0 bridgehead atoms. The molecule has 0 saturated carbocycles. The summed E-state index contributed by atoms with van der Waals surface area (Å²) in [7, 11) is 0. The number of nitrogens with zero attached hydrogens (tertiary/aromatic N) is 2. The smallest absolute Gasteiger partial charge is 0.416 e. The Kier molecular flexibility index (Phi) is 11.2. The van der Waals surface area contributed by atoms with Crippen molar-refractivity contribution in [2.45, 2.75) is 104 Å². The van der Waals surface area contributed by atoms with Crippen LogP contribution in [0.2, 0.25) is 0 Å². The molecule has 1 atom stereocenters. The predicted octanol–water partition coefficient (Wildman–Crippen LogP) is 8.20. The zero-order valence-corrected chi connectivity index (χ0v) is 25.9. The molecule has 5 nitrogen and oxygen atoms in total. The largest absolute Gasteiger partial charge is 0.494 e. The Bertz CT molecular complexity index is 1200. The van der Waals surface area contributed by atoms with Gasteiger partial charge in [-0.1, -0.05) is 45.4 Å². The van der Waals surface area contributed by atoms with E-state index < -0.39 is 17.3 Å². The van der Waals surface area contributed by atoms with E-state index >= 15 is 0 Å². The van der Waals surface area contributed by atoms with E-state index in [1.165, 1.54) is 29.5 Å². The van der Waals surface area contributed by atoms with E-state index in [4.69, 9.17) is 17.0 Å². The van der Waals surface area contributed by atoms with Gasteiger partial charge in [-0.3, -0.25) is 9.69 Å². The van der Waals surface area contributed by atoms with E-state index in [9.17, 15) is 18.0 Å². The SMILES string of the molecule is CCCC(NC(CC)CC)c1cccc(OCCCCN2C(=S)N(c3ccc(C)c(C(F)(F)F)c3)C(=O)C2(C)C)c1. The van der Waals surface area contributed by atoms with Crippen LogP contribution >= 0.6 is 12.2 Å². The molecule has 2 aromatic rings. The molecule has 0 aromatic heterocycles. The number of hydrogen-bond donors (Lipinski definition) is 1. The molecular formula is C32H44F3N3O2S. The average molecular weight is 592 g/mol. The number of aryl methyl sites for hydroxylation is 1. The number of anilines is 1. The molecule has 1 unspecified atom stereocenters. The highest BCUT2D eigenvalue weighted by atomic mass is 32.1. The number of alkyl halides is 3. The Morgan fingerprint density at radius 2 is 1.76 bits per heavy atom. The van der Waals surface area contributed by atoms with Crippen molar-refractivity contribution in [3.8, 4) is 5.75 Å². The zero-order valence-electron chi connectivity index (χ0n) is 25.1. The lowest BCUT2D eigenvalue weighted by Crippen LogP contribution is -2.44. The molecule has 1 aliphatic heterocycles. The maximum absolute atomic E-state index is 13.5. The molecule has 1 N–H and O–H groups in total. The highest BCUT2D eigenvalue weighted by Crippen LogP contribution is 2.38. The lowest BCUT2D eigenvalue weighted by Gasteiger charge is -2.29. The first-order chi connectivity index (χ1) is 19.3. The molecule has 2 aromatic carbocycles. The van der Waals surface area contributed by atoms with Gasteiger partial charge in [0.15, 0.2) is 5.11 Å². The first kappa shape index (κ1) is 32.9. The monoisotopic (exact) mass is 591 g/mol. The predicted molar refractivity (Wildman–Crippen MR) is 163 cm³/mol. The van der Waals surface area contributed by atoms with Gasteiger partial charge in [0, 0.05) is 18.6 Å². The molecule has 3 rings (SSSR count). The number of hydrogen-bond acceptors (Lipinski definition) is 4. The molecule has 226 valence electrons. The first-order valence-corrected chi connectivity index (χ1v) is 15.1. The van der Waals surface area contributed by atoms with E-state index in [0.717, 1.165) is 43.9 Å². The minimum atomic E-state index is -4.51. The third-order valence-electron chi connectivity index (χ3n) is 7.91. The molecule has 9 heteroatoms. The Balaban J connectivity index is 1.60. The maximum Gasteiger partial charge on any atom is 0.416 e. The minimum Gasteiger partial charge on any atom is -0.494 e. The van der Waals surface area contributed by atoms with E-state index in [1.54, 1.807) is 18.7 Å². The summed E-state index contributed by atoms with van der Waals surface area (Å²) in [4.78, 5) is 16.3. The lowest BCUT2D eigenvalue weighted by molar-refractivity contribution is -0.138. The van der Waals surface area contributed by atoms with Crippen LogP contribution in [0, 0.1) is 6.92 Å². The third kappa shape index (κ3) is 7.80. The van der Waals surface area contributed by atoms with Crippen molar-refractivity contribution in [3.63, 3.8) is 0 Å². The van der Waals surface area contributed by atoms with E-state index in [2.05, 4.69) is 38.2 Å². The fourth-order valence-corrected chi connectivity index (χ4v) is 5.83. The summed E-state index contributed by atoms with van der Waals surface area (Å²) in [6.07, 6.45) is 1.26. The summed E-state index contributed by atoms with van der Waals surface area (Å²) in [6, 6.07) is 12.9. The van der Waals surface area contributed by atoms with Gasteiger partial charge in [0.1, 0.15) is 11.3 Å². The minimum absolute atomic E-state index is 0.101. The van der Waals surface area contributed by atoms with Gasteiger partial charge in [-0.2, -0.15) is 13.2 Å². The van der Waals surface area contributed by atoms with E-state index in [-0.39, 0.29) is 28.3 Å². The molecular weight excluding hydrogens is 547 g/mol. The normalized spacial score (nSPS) is 16.1. The number of carbonyl (C=O) groups is 1. The van der Waals surface area contributed by atoms with Crippen molar-refractivity contribution in [2.75, 3.05) is 18.1 Å². The number of nitrogens with one attached hydrogen (secondary N) is 1. The molecule has 1 heterocycles. The number of halogens is 3. The second kappa shape index (κ2) is 14.0. The van der Waals surface area contributed by atoms with Crippen LogP contribution in [0.3, 0.4) is 0 Å². The van der Waals surface area contributed by atoms with Gasteiger partial charge in [-0.05, 0) is 100 Å². The Morgan fingerprint density at radius 1 is 1.05 bits per heavy atom. The summed E-state index contributed by atoms with van der Waals surface area (Å²) < 4.78 is 46.6. The fraction of sp³-hybridized carbons (Fsp3) is 0.562. The van der Waals surface area contributed by atoms with Crippen LogP contribution in [-0.2, 0) is 11.0 Å². The maximum atomic E-state index is 13.5. The van der Waals surface area contributed by atoms with Crippen molar-refractivity contribution in [1.82, 2.24) is 10.2 Å². The Hall–Kier alpha value is -2.65. The summed E-state index contributed by atoms with van der Waals surface area (Å²) >= 11 is 5.61. The zero-order chi connectivity index (χ0) is 30.4. The van der Waals surface area contributed by atoms with Crippen LogP contribution in [0.4, 0.5) is 18.9 Å². The second-order valence-corrected chi connectivity index (χ2v) is 11.6. The van der Waals surface area contributed by atoms with Crippen LogP contribution in [0.1, 0.15) is 95.9 Å². The Morgan fingerprint density at radius 3 is 2.39 bits per heavy atom. The molecule has 0 aliphatic carbocycles. The summed E-state index contributed by atoms with van der Waals surface area (Å²) in [5.41, 5.74) is -0.272. The molecule has 0 radical (unpaired) electrons. The number of unbranched alkanes of at least 4 members (excludes halogenated alkanes) is 1. The molecule has 1 fully saturated rings. The molecule has 1 amide bonds. The van der Waals surface area contributed by atoms with Gasteiger partial charge in [-0.15, -0.1) is 0 Å². The van der Waals surface area contributed by atoms with Crippen LogP contribution in [0.5, 0.6) is 5.75 Å². The van der Waals surface area contributed by atoms with Gasteiger partial charge >= 0.3 is 6.18 Å². The quantitative estimate of drug-likeness (QED) is 0.177. The van der Waals surface area contributed by atoms with E-state index in [1.807, 2.05) is 12.1 Å². The lowest BCUT2D eigenvalue weighted by atomic mass is 10.00. The number of carbonyl (C=O) groups excluding carboxylic acids is 1. The summed E-state index contributed by atoms with van der Waals surface area (Å²) in [5, 5.41) is 4.01. The number of ether oxygens (including phenoxy) is 1. The van der Waals surface area contributed by atoms with Crippen molar-refractivity contribution in [3.05, 3.63) is 59.2 Å².